The summed E-state index contributed by atoms with van der Waals surface area (Å²) in [6.45, 7) is 5.52. The number of likely N-dealkylation sites (tertiary alicyclic amines) is 1. The number of hydrogen-bond donors (Lipinski definition) is 1. The van der Waals surface area contributed by atoms with E-state index in [1.807, 2.05) is 31.2 Å². The lowest BCUT2D eigenvalue weighted by Gasteiger charge is -2.32. The molecule has 6 nitrogen and oxygen atoms in total. The lowest BCUT2D eigenvalue weighted by molar-refractivity contribution is 0.198. The summed E-state index contributed by atoms with van der Waals surface area (Å²) < 4.78 is 5.53. The van der Waals surface area contributed by atoms with Gasteiger partial charge in [-0.15, -0.1) is 0 Å². The second-order valence-electron chi connectivity index (χ2n) is 7.41. The number of aromatic amines is 1. The Morgan fingerprint density at radius 1 is 1.24 bits per heavy atom. The van der Waals surface area contributed by atoms with Crippen LogP contribution in [0.3, 0.4) is 0 Å². The molecule has 1 saturated heterocycles. The minimum Gasteiger partial charge on any atom is -0.494 e. The quantitative estimate of drug-likeness (QED) is 0.696. The Kier molecular flexibility index (Phi) is 6.00. The molecule has 150 valence electrons. The lowest BCUT2D eigenvalue weighted by atomic mass is 9.94. The zero-order chi connectivity index (χ0) is 20.1. The zero-order valence-corrected chi connectivity index (χ0v) is 16.7. The van der Waals surface area contributed by atoms with Crippen molar-refractivity contribution in [3.8, 4) is 17.1 Å². The Balaban J connectivity index is 1.48. The van der Waals surface area contributed by atoms with Crippen LogP contribution in [0.1, 0.15) is 36.9 Å². The summed E-state index contributed by atoms with van der Waals surface area (Å²) in [5.41, 5.74) is 2.85. The maximum Gasteiger partial charge on any atom is 0.251 e. The van der Waals surface area contributed by atoms with Crippen molar-refractivity contribution in [2.24, 2.45) is 0 Å². The number of aromatic nitrogens is 3. The summed E-state index contributed by atoms with van der Waals surface area (Å²) in [4.78, 5) is 26.4. The highest BCUT2D eigenvalue weighted by molar-refractivity contribution is 5.52. The number of benzene rings is 1. The highest BCUT2D eigenvalue weighted by Gasteiger charge is 2.23. The largest absolute Gasteiger partial charge is 0.494 e. The van der Waals surface area contributed by atoms with E-state index in [4.69, 9.17) is 9.72 Å². The molecule has 0 spiro atoms. The molecule has 4 rings (SSSR count). The van der Waals surface area contributed by atoms with E-state index in [0.717, 1.165) is 49.5 Å². The van der Waals surface area contributed by atoms with E-state index in [2.05, 4.69) is 27.0 Å². The Bertz CT molecular complexity index is 986. The first-order valence-corrected chi connectivity index (χ1v) is 10.2. The number of nitrogens with one attached hydrogen (secondary N) is 1. The predicted molar refractivity (Wildman–Crippen MR) is 113 cm³/mol. The van der Waals surface area contributed by atoms with Gasteiger partial charge in [-0.3, -0.25) is 14.7 Å². The second kappa shape index (κ2) is 9.01. The van der Waals surface area contributed by atoms with Crippen LogP contribution in [0.25, 0.3) is 11.4 Å². The van der Waals surface area contributed by atoms with Crippen molar-refractivity contribution in [1.29, 1.82) is 0 Å². The molecular weight excluding hydrogens is 364 g/mol. The molecule has 0 amide bonds. The predicted octanol–water partition coefficient (Wildman–Crippen LogP) is 3.61. The van der Waals surface area contributed by atoms with Gasteiger partial charge in [0.15, 0.2) is 0 Å². The Morgan fingerprint density at radius 2 is 2.10 bits per heavy atom. The SMILES string of the molecule is CCOc1ccc(CN2CCCC(c3cc(=O)[nH]c(-c4cccnc4)n3)C2)cc1. The number of pyridine rings is 1. The molecule has 0 radical (unpaired) electrons. The summed E-state index contributed by atoms with van der Waals surface area (Å²) in [6, 6.07) is 13.7. The van der Waals surface area contributed by atoms with Crippen molar-refractivity contribution in [3.05, 3.63) is 76.5 Å². The second-order valence-corrected chi connectivity index (χ2v) is 7.41. The molecule has 0 saturated carbocycles. The van der Waals surface area contributed by atoms with Gasteiger partial charge >= 0.3 is 0 Å². The molecule has 6 heteroatoms. The molecule has 1 fully saturated rings. The number of ether oxygens (including phenoxy) is 1. The van der Waals surface area contributed by atoms with Crippen LogP contribution >= 0.6 is 0 Å². The van der Waals surface area contributed by atoms with Crippen LogP contribution in [-0.4, -0.2) is 39.5 Å². The summed E-state index contributed by atoms with van der Waals surface area (Å²) in [6.07, 6.45) is 5.58. The van der Waals surface area contributed by atoms with Gasteiger partial charge in [-0.1, -0.05) is 12.1 Å². The lowest BCUT2D eigenvalue weighted by Crippen LogP contribution is -2.34. The molecule has 1 unspecified atom stereocenters. The van der Waals surface area contributed by atoms with E-state index in [-0.39, 0.29) is 11.5 Å². The number of nitrogens with zero attached hydrogens (tertiary/aromatic N) is 3. The maximum absolute atomic E-state index is 12.2. The van der Waals surface area contributed by atoms with Crippen molar-refractivity contribution in [2.45, 2.75) is 32.2 Å². The minimum atomic E-state index is -0.113. The third kappa shape index (κ3) is 4.90. The fourth-order valence-electron chi connectivity index (χ4n) is 3.88. The first-order valence-electron chi connectivity index (χ1n) is 10.2. The van der Waals surface area contributed by atoms with Gasteiger partial charge in [0.1, 0.15) is 11.6 Å². The van der Waals surface area contributed by atoms with Gasteiger partial charge < -0.3 is 9.72 Å². The molecule has 0 aliphatic carbocycles. The van der Waals surface area contributed by atoms with Crippen LogP contribution in [0.15, 0.2) is 59.7 Å². The van der Waals surface area contributed by atoms with E-state index in [1.165, 1.54) is 5.56 Å². The number of rotatable bonds is 6. The van der Waals surface area contributed by atoms with Gasteiger partial charge in [-0.25, -0.2) is 4.98 Å². The molecular formula is C23H26N4O2. The van der Waals surface area contributed by atoms with Gasteiger partial charge in [-0.2, -0.15) is 0 Å². The fraction of sp³-hybridized carbons (Fsp3) is 0.348. The Hall–Kier alpha value is -2.99. The molecule has 29 heavy (non-hydrogen) atoms. The number of hydrogen-bond acceptors (Lipinski definition) is 5. The standard InChI is InChI=1S/C23H26N4O2/c1-2-29-20-9-7-17(8-10-20)15-27-12-4-6-19(16-27)21-13-22(28)26-23(25-21)18-5-3-11-24-14-18/h3,5,7-11,13-14,19H,2,4,6,12,15-16H2,1H3,(H,25,26,28). The van der Waals surface area contributed by atoms with Crippen LogP contribution in [0.4, 0.5) is 0 Å². The van der Waals surface area contributed by atoms with Crippen molar-refractivity contribution >= 4 is 0 Å². The van der Waals surface area contributed by atoms with Crippen molar-refractivity contribution in [3.63, 3.8) is 0 Å². The van der Waals surface area contributed by atoms with Gasteiger partial charge in [0.2, 0.25) is 0 Å². The highest BCUT2D eigenvalue weighted by Crippen LogP contribution is 2.27. The topological polar surface area (TPSA) is 71.1 Å². The molecule has 1 N–H and O–H groups in total. The molecule has 3 aromatic rings. The van der Waals surface area contributed by atoms with Crippen LogP contribution < -0.4 is 10.3 Å². The molecule has 2 aromatic heterocycles. The summed E-state index contributed by atoms with van der Waals surface area (Å²) in [5, 5.41) is 0. The first kappa shape index (κ1) is 19.3. The highest BCUT2D eigenvalue weighted by atomic mass is 16.5. The van der Waals surface area contributed by atoms with E-state index < -0.39 is 0 Å². The third-order valence-electron chi connectivity index (χ3n) is 5.26. The number of H-pyrrole nitrogens is 1. The van der Waals surface area contributed by atoms with Crippen LogP contribution in [-0.2, 0) is 6.54 Å². The van der Waals surface area contributed by atoms with E-state index >= 15 is 0 Å². The average molecular weight is 390 g/mol. The van der Waals surface area contributed by atoms with Crippen molar-refractivity contribution in [2.75, 3.05) is 19.7 Å². The molecule has 1 aliphatic heterocycles. The summed E-state index contributed by atoms with van der Waals surface area (Å²) in [7, 11) is 0. The summed E-state index contributed by atoms with van der Waals surface area (Å²) in [5.74, 6) is 1.75. The number of piperidine rings is 1. The Labute approximate surface area is 170 Å². The van der Waals surface area contributed by atoms with E-state index in [0.29, 0.717) is 12.4 Å². The Morgan fingerprint density at radius 3 is 2.86 bits per heavy atom. The van der Waals surface area contributed by atoms with E-state index in [9.17, 15) is 4.79 Å². The van der Waals surface area contributed by atoms with Gasteiger partial charge in [0.25, 0.3) is 5.56 Å². The maximum atomic E-state index is 12.2. The van der Waals surface area contributed by atoms with E-state index in [1.54, 1.807) is 18.5 Å². The molecule has 1 atom stereocenters. The van der Waals surface area contributed by atoms with Crippen LogP contribution in [0.2, 0.25) is 0 Å². The first-order chi connectivity index (χ1) is 14.2. The average Bonchev–Trinajstić information content (AvgIpc) is 2.76. The van der Waals surface area contributed by atoms with Gasteiger partial charge in [0.05, 0.1) is 12.3 Å². The molecule has 1 aliphatic rings. The molecule has 0 bridgehead atoms. The third-order valence-corrected chi connectivity index (χ3v) is 5.26. The molecule has 3 heterocycles. The fourth-order valence-corrected chi connectivity index (χ4v) is 3.88. The smallest absolute Gasteiger partial charge is 0.251 e. The van der Waals surface area contributed by atoms with Crippen molar-refractivity contribution in [1.82, 2.24) is 19.9 Å². The monoisotopic (exact) mass is 390 g/mol. The van der Waals surface area contributed by atoms with Crippen LogP contribution in [0, 0.1) is 0 Å². The zero-order valence-electron chi connectivity index (χ0n) is 16.7. The normalized spacial score (nSPS) is 17.2. The van der Waals surface area contributed by atoms with Crippen LogP contribution in [0.5, 0.6) is 5.75 Å². The summed E-state index contributed by atoms with van der Waals surface area (Å²) >= 11 is 0. The van der Waals surface area contributed by atoms with Gasteiger partial charge in [0, 0.05) is 43.0 Å². The van der Waals surface area contributed by atoms with Crippen molar-refractivity contribution < 1.29 is 4.74 Å². The minimum absolute atomic E-state index is 0.113. The molecule has 1 aromatic carbocycles. The van der Waals surface area contributed by atoms with Gasteiger partial charge in [-0.05, 0) is 56.1 Å².